The summed E-state index contributed by atoms with van der Waals surface area (Å²) in [5.41, 5.74) is 2.36. The van der Waals surface area contributed by atoms with E-state index in [2.05, 4.69) is 57.6 Å². The Hall–Kier alpha value is -1.36. The highest BCUT2D eigenvalue weighted by Crippen LogP contribution is 2.13. The maximum atomic E-state index is 5.14. The molecule has 1 aromatic heterocycles. The first kappa shape index (κ1) is 13.1. The second-order valence-corrected chi connectivity index (χ2v) is 4.50. The first-order valence-corrected chi connectivity index (χ1v) is 7.22. The van der Waals surface area contributed by atoms with Gasteiger partial charge in [0.15, 0.2) is 10.7 Å². The van der Waals surface area contributed by atoms with Gasteiger partial charge in [-0.15, -0.1) is 0 Å². The highest BCUT2D eigenvalue weighted by atomic mass is 127. The number of rotatable bonds is 4. The van der Waals surface area contributed by atoms with Gasteiger partial charge in [-0.1, -0.05) is 12.1 Å². The van der Waals surface area contributed by atoms with Crippen LogP contribution in [0.25, 0.3) is 12.2 Å². The predicted octanol–water partition coefficient (Wildman–Crippen LogP) is 3.55. The molecule has 1 aromatic carbocycles. The molecule has 1 heterocycles. The van der Waals surface area contributed by atoms with Gasteiger partial charge in [-0.3, -0.25) is 0 Å². The van der Waals surface area contributed by atoms with Crippen LogP contribution in [-0.2, 0) is 4.55 Å². The minimum atomic E-state index is 0.884. The predicted molar refractivity (Wildman–Crippen MR) is 82.6 cm³/mol. The van der Waals surface area contributed by atoms with Crippen LogP contribution in [-0.4, -0.2) is 7.11 Å². The molecule has 0 saturated heterocycles. The molecule has 0 aliphatic carbocycles. The smallest absolute Gasteiger partial charge is 0.205 e. The van der Waals surface area contributed by atoms with Crippen molar-refractivity contribution in [2.24, 2.45) is 0 Å². The average molecular weight is 352 g/mol. The Morgan fingerprint density at radius 1 is 1.11 bits per heavy atom. The van der Waals surface area contributed by atoms with Crippen LogP contribution in [0.4, 0.5) is 0 Å². The van der Waals surface area contributed by atoms with E-state index in [1.807, 2.05) is 30.3 Å². The Bertz CT molecular complexity index is 534. The van der Waals surface area contributed by atoms with Crippen LogP contribution in [0.3, 0.4) is 0 Å². The zero-order valence-electron chi connectivity index (χ0n) is 10.2. The van der Waals surface area contributed by atoms with Crippen molar-refractivity contribution in [2.45, 2.75) is 4.55 Å². The van der Waals surface area contributed by atoms with Crippen LogP contribution < -0.4 is 9.30 Å². The van der Waals surface area contributed by atoms with Gasteiger partial charge in [0.1, 0.15) is 5.75 Å². The van der Waals surface area contributed by atoms with Gasteiger partial charge in [-0.25, -0.2) is 0 Å². The van der Waals surface area contributed by atoms with Crippen molar-refractivity contribution in [3.05, 3.63) is 59.9 Å². The second-order valence-electron chi connectivity index (χ2n) is 3.82. The summed E-state index contributed by atoms with van der Waals surface area (Å²) >= 11 is 2.36. The molecular formula is C15H15INO+. The lowest BCUT2D eigenvalue weighted by atomic mass is 10.2. The van der Waals surface area contributed by atoms with Crippen LogP contribution in [0.15, 0.2) is 48.7 Å². The number of benzene rings is 1. The van der Waals surface area contributed by atoms with Gasteiger partial charge in [0.2, 0.25) is 5.69 Å². The summed E-state index contributed by atoms with van der Waals surface area (Å²) < 4.78 is 8.28. The maximum absolute atomic E-state index is 5.14. The van der Waals surface area contributed by atoms with E-state index in [-0.39, 0.29) is 0 Å². The zero-order chi connectivity index (χ0) is 12.8. The molecule has 2 rings (SSSR count). The molecule has 0 amide bonds. The minimum Gasteiger partial charge on any atom is -0.497 e. The maximum Gasteiger partial charge on any atom is 0.205 e. The van der Waals surface area contributed by atoms with Gasteiger partial charge < -0.3 is 4.74 Å². The largest absolute Gasteiger partial charge is 0.497 e. The van der Waals surface area contributed by atoms with Crippen molar-refractivity contribution in [3.8, 4) is 5.75 Å². The molecule has 0 atom stereocenters. The number of pyridine rings is 1. The van der Waals surface area contributed by atoms with Gasteiger partial charge in [-0.2, -0.15) is 4.57 Å². The molecule has 0 aliphatic rings. The van der Waals surface area contributed by atoms with Crippen LogP contribution >= 0.6 is 22.6 Å². The van der Waals surface area contributed by atoms with E-state index in [1.165, 1.54) is 11.3 Å². The summed E-state index contributed by atoms with van der Waals surface area (Å²) in [6.07, 6.45) is 6.32. The number of methoxy groups -OCH3 is 1. The van der Waals surface area contributed by atoms with E-state index in [9.17, 15) is 0 Å². The zero-order valence-corrected chi connectivity index (χ0v) is 12.4. The first-order valence-electron chi connectivity index (χ1n) is 5.70. The van der Waals surface area contributed by atoms with E-state index in [1.54, 1.807) is 7.11 Å². The van der Waals surface area contributed by atoms with Gasteiger partial charge in [0.25, 0.3) is 0 Å². The number of hydrogen-bond acceptors (Lipinski definition) is 1. The number of aromatic nitrogens is 1. The van der Waals surface area contributed by atoms with Crippen LogP contribution in [0.1, 0.15) is 11.3 Å². The normalized spacial score (nSPS) is 10.8. The molecule has 0 bridgehead atoms. The third kappa shape index (κ3) is 3.32. The molecule has 0 fully saturated rings. The lowest BCUT2D eigenvalue weighted by Crippen LogP contribution is -2.33. The quantitative estimate of drug-likeness (QED) is 0.466. The van der Waals surface area contributed by atoms with E-state index in [4.69, 9.17) is 4.74 Å². The summed E-state index contributed by atoms with van der Waals surface area (Å²) in [6, 6.07) is 14.2. The second kappa shape index (κ2) is 6.54. The molecular weight excluding hydrogens is 337 g/mol. The number of halogens is 1. The van der Waals surface area contributed by atoms with Crippen LogP contribution in [0, 0.1) is 0 Å². The molecule has 2 aromatic rings. The topological polar surface area (TPSA) is 13.1 Å². The molecule has 3 heteroatoms. The van der Waals surface area contributed by atoms with E-state index in [0.717, 1.165) is 10.3 Å². The van der Waals surface area contributed by atoms with E-state index < -0.39 is 0 Å². The lowest BCUT2D eigenvalue weighted by molar-refractivity contribution is -0.672. The number of hydrogen-bond donors (Lipinski definition) is 0. The van der Waals surface area contributed by atoms with Crippen LogP contribution in [0.5, 0.6) is 5.75 Å². The third-order valence-electron chi connectivity index (χ3n) is 2.67. The molecule has 92 valence electrons. The summed E-state index contributed by atoms with van der Waals surface area (Å²) in [7, 11) is 1.68. The fourth-order valence-electron chi connectivity index (χ4n) is 1.65. The van der Waals surface area contributed by atoms with E-state index in [0.29, 0.717) is 0 Å². The number of ether oxygens (including phenoxy) is 1. The van der Waals surface area contributed by atoms with Crippen molar-refractivity contribution < 1.29 is 9.30 Å². The lowest BCUT2D eigenvalue weighted by Gasteiger charge is -1.99. The SMILES string of the molecule is COc1ccc(C=Cc2cccc[n+]2CI)cc1. The summed E-state index contributed by atoms with van der Waals surface area (Å²) in [5.74, 6) is 0.884. The molecule has 0 aliphatic heterocycles. The Kier molecular flexibility index (Phi) is 4.75. The molecule has 0 unspecified atom stereocenters. The highest BCUT2D eigenvalue weighted by Gasteiger charge is 2.02. The van der Waals surface area contributed by atoms with Gasteiger partial charge in [-0.05, 0) is 52.4 Å². The van der Waals surface area contributed by atoms with Gasteiger partial charge in [0.05, 0.1) is 7.11 Å². The molecule has 18 heavy (non-hydrogen) atoms. The minimum absolute atomic E-state index is 0.884. The van der Waals surface area contributed by atoms with Crippen molar-refractivity contribution in [2.75, 3.05) is 7.11 Å². The Labute approximate surface area is 121 Å². The highest BCUT2D eigenvalue weighted by molar-refractivity contribution is 14.1. The Morgan fingerprint density at radius 2 is 1.89 bits per heavy atom. The number of nitrogens with zero attached hydrogens (tertiary/aromatic N) is 1. The fourth-order valence-corrected chi connectivity index (χ4v) is 2.27. The van der Waals surface area contributed by atoms with Crippen molar-refractivity contribution in [1.82, 2.24) is 0 Å². The van der Waals surface area contributed by atoms with Crippen molar-refractivity contribution in [3.63, 3.8) is 0 Å². The molecule has 0 spiro atoms. The average Bonchev–Trinajstić information content (AvgIpc) is 2.46. The first-order chi connectivity index (χ1) is 8.83. The summed E-state index contributed by atoms with van der Waals surface area (Å²) in [5, 5.41) is 0. The van der Waals surface area contributed by atoms with E-state index >= 15 is 0 Å². The molecule has 2 nitrogen and oxygen atoms in total. The summed E-state index contributed by atoms with van der Waals surface area (Å²) in [4.78, 5) is 0. The fraction of sp³-hybridized carbons (Fsp3) is 0.133. The third-order valence-corrected chi connectivity index (χ3v) is 3.40. The Balaban J connectivity index is 2.19. The number of alkyl halides is 1. The molecule has 0 radical (unpaired) electrons. The monoisotopic (exact) mass is 352 g/mol. The van der Waals surface area contributed by atoms with Crippen LogP contribution in [0.2, 0.25) is 0 Å². The Morgan fingerprint density at radius 3 is 2.56 bits per heavy atom. The summed E-state index contributed by atoms with van der Waals surface area (Å²) in [6.45, 7) is 0. The van der Waals surface area contributed by atoms with Crippen molar-refractivity contribution >= 4 is 34.7 Å². The molecule has 0 saturated carbocycles. The van der Waals surface area contributed by atoms with Gasteiger partial charge >= 0.3 is 0 Å². The molecule has 0 N–H and O–H groups in total. The standard InChI is InChI=1S/C15H15INO/c1-18-15-9-6-13(7-10-15)5-8-14-4-2-3-11-17(14)12-16/h2-11H,12H2,1H3/q+1. The van der Waals surface area contributed by atoms with Crippen molar-refractivity contribution in [1.29, 1.82) is 0 Å². The van der Waals surface area contributed by atoms with Gasteiger partial charge in [0, 0.05) is 18.2 Å².